The first kappa shape index (κ1) is 17.5. The highest BCUT2D eigenvalue weighted by Gasteiger charge is 2.12. The van der Waals surface area contributed by atoms with Crippen LogP contribution in [0.4, 0.5) is 10.2 Å². The molecule has 3 heterocycles. The summed E-state index contributed by atoms with van der Waals surface area (Å²) in [6.07, 6.45) is 2.75. The predicted molar refractivity (Wildman–Crippen MR) is 101 cm³/mol. The lowest BCUT2D eigenvalue weighted by atomic mass is 10.1. The van der Waals surface area contributed by atoms with Crippen LogP contribution in [0.2, 0.25) is 0 Å². The first-order valence-electron chi connectivity index (χ1n) is 8.33. The normalized spacial score (nSPS) is 10.6. The van der Waals surface area contributed by atoms with E-state index >= 15 is 0 Å². The highest BCUT2D eigenvalue weighted by Crippen LogP contribution is 2.23. The summed E-state index contributed by atoms with van der Waals surface area (Å²) in [5, 5.41) is 2.76. The highest BCUT2D eigenvalue weighted by atomic mass is 19.1. The van der Waals surface area contributed by atoms with E-state index < -0.39 is 5.95 Å². The Hall–Kier alpha value is -3.94. The number of fused-ring (bicyclic) bond motifs is 1. The van der Waals surface area contributed by atoms with Crippen LogP contribution in [-0.2, 0) is 0 Å². The number of amides is 1. The van der Waals surface area contributed by atoms with Crippen molar-refractivity contribution < 1.29 is 13.9 Å². The van der Waals surface area contributed by atoms with E-state index in [-0.39, 0.29) is 11.7 Å². The summed E-state index contributed by atoms with van der Waals surface area (Å²) < 4.78 is 18.2. The van der Waals surface area contributed by atoms with Gasteiger partial charge in [0.25, 0.3) is 5.91 Å². The Morgan fingerprint density at radius 3 is 2.54 bits per heavy atom. The van der Waals surface area contributed by atoms with Gasteiger partial charge in [0.15, 0.2) is 5.82 Å². The van der Waals surface area contributed by atoms with Gasteiger partial charge >= 0.3 is 0 Å². The summed E-state index contributed by atoms with van der Waals surface area (Å²) in [7, 11) is 1.56. The van der Waals surface area contributed by atoms with E-state index in [9.17, 15) is 9.18 Å². The molecule has 0 aliphatic carbocycles. The number of halogens is 1. The Bertz CT molecular complexity index is 1150. The minimum Gasteiger partial charge on any atom is -0.497 e. The number of carbonyl (C=O) groups excluding carboxylic acids is 1. The predicted octanol–water partition coefficient (Wildman–Crippen LogP) is 3.49. The Balaban J connectivity index is 1.68. The molecular formula is C20H14FN5O2. The summed E-state index contributed by atoms with van der Waals surface area (Å²) >= 11 is 0. The van der Waals surface area contributed by atoms with Gasteiger partial charge < -0.3 is 10.1 Å². The molecule has 0 atom stereocenters. The maximum absolute atomic E-state index is 13.1. The van der Waals surface area contributed by atoms with Crippen molar-refractivity contribution in [3.05, 3.63) is 72.6 Å². The van der Waals surface area contributed by atoms with Gasteiger partial charge in [-0.1, -0.05) is 0 Å². The number of nitrogens with one attached hydrogen (secondary N) is 1. The van der Waals surface area contributed by atoms with Crippen molar-refractivity contribution in [3.63, 3.8) is 0 Å². The van der Waals surface area contributed by atoms with Crippen LogP contribution in [0.1, 0.15) is 10.4 Å². The van der Waals surface area contributed by atoms with Crippen LogP contribution >= 0.6 is 0 Å². The number of nitrogens with zero attached hydrogens (tertiary/aromatic N) is 4. The number of benzene rings is 1. The number of methoxy groups -OCH3 is 1. The van der Waals surface area contributed by atoms with E-state index in [2.05, 4.69) is 25.3 Å². The average molecular weight is 375 g/mol. The third kappa shape index (κ3) is 3.48. The van der Waals surface area contributed by atoms with Gasteiger partial charge in [0.2, 0.25) is 5.95 Å². The van der Waals surface area contributed by atoms with Crippen LogP contribution in [0.5, 0.6) is 5.75 Å². The van der Waals surface area contributed by atoms with Crippen LogP contribution in [-0.4, -0.2) is 33.0 Å². The van der Waals surface area contributed by atoms with Crippen molar-refractivity contribution in [1.82, 2.24) is 19.9 Å². The summed E-state index contributed by atoms with van der Waals surface area (Å²) in [5.74, 6) is 0.0320. The molecule has 138 valence electrons. The number of hydrogen-bond acceptors (Lipinski definition) is 6. The lowest BCUT2D eigenvalue weighted by Gasteiger charge is -2.08. The van der Waals surface area contributed by atoms with Gasteiger partial charge in [-0.05, 0) is 48.5 Å². The zero-order valence-electron chi connectivity index (χ0n) is 14.8. The van der Waals surface area contributed by atoms with Crippen LogP contribution in [0.3, 0.4) is 0 Å². The van der Waals surface area contributed by atoms with E-state index in [1.54, 1.807) is 49.6 Å². The van der Waals surface area contributed by atoms with Crippen molar-refractivity contribution >= 4 is 22.8 Å². The molecule has 0 aliphatic heterocycles. The first-order chi connectivity index (χ1) is 13.6. The summed E-state index contributed by atoms with van der Waals surface area (Å²) in [6, 6.07) is 13.0. The van der Waals surface area contributed by atoms with Gasteiger partial charge in [0.05, 0.1) is 18.3 Å². The summed E-state index contributed by atoms with van der Waals surface area (Å²) in [4.78, 5) is 29.1. The molecule has 1 N–H and O–H groups in total. The van der Waals surface area contributed by atoms with Gasteiger partial charge in [-0.25, -0.2) is 19.9 Å². The quantitative estimate of drug-likeness (QED) is 0.549. The Kier molecular flexibility index (Phi) is 4.59. The molecule has 0 spiro atoms. The topological polar surface area (TPSA) is 89.9 Å². The molecule has 8 heteroatoms. The number of rotatable bonds is 4. The molecule has 0 bridgehead atoms. The lowest BCUT2D eigenvalue weighted by molar-refractivity contribution is 0.102. The SMILES string of the molecule is COc1ccc(C(=O)Nc2ncnc3ccc(-c4ccc(F)nc4)nc23)cc1. The molecule has 4 aromatic rings. The minimum absolute atomic E-state index is 0.280. The Morgan fingerprint density at radius 1 is 1.00 bits per heavy atom. The van der Waals surface area contributed by atoms with Gasteiger partial charge in [0, 0.05) is 17.3 Å². The van der Waals surface area contributed by atoms with Crippen molar-refractivity contribution in [1.29, 1.82) is 0 Å². The molecule has 28 heavy (non-hydrogen) atoms. The molecule has 0 radical (unpaired) electrons. The molecule has 0 aliphatic rings. The summed E-state index contributed by atoms with van der Waals surface area (Å²) in [5.41, 5.74) is 2.64. The lowest BCUT2D eigenvalue weighted by Crippen LogP contribution is -2.13. The minimum atomic E-state index is -0.569. The molecule has 0 unspecified atom stereocenters. The molecular weight excluding hydrogens is 361 g/mol. The number of ether oxygens (including phenoxy) is 1. The molecule has 0 saturated carbocycles. The van der Waals surface area contributed by atoms with Crippen molar-refractivity contribution in [3.8, 4) is 17.0 Å². The zero-order chi connectivity index (χ0) is 19.5. The van der Waals surface area contributed by atoms with E-state index in [0.717, 1.165) is 0 Å². The molecule has 3 aromatic heterocycles. The van der Waals surface area contributed by atoms with Crippen LogP contribution in [0, 0.1) is 5.95 Å². The number of carbonyl (C=O) groups is 1. The molecule has 1 aromatic carbocycles. The van der Waals surface area contributed by atoms with Crippen molar-refractivity contribution in [2.24, 2.45) is 0 Å². The molecule has 4 rings (SSSR count). The van der Waals surface area contributed by atoms with Crippen LogP contribution < -0.4 is 10.1 Å². The van der Waals surface area contributed by atoms with Crippen LogP contribution in [0.15, 0.2) is 61.1 Å². The Morgan fingerprint density at radius 2 is 1.82 bits per heavy atom. The van der Waals surface area contributed by atoms with Crippen LogP contribution in [0.25, 0.3) is 22.3 Å². The Labute approximate surface area is 159 Å². The largest absolute Gasteiger partial charge is 0.497 e. The third-order valence-electron chi connectivity index (χ3n) is 4.09. The fraction of sp³-hybridized carbons (Fsp3) is 0.0500. The maximum atomic E-state index is 13.1. The molecule has 0 fully saturated rings. The fourth-order valence-electron chi connectivity index (χ4n) is 2.64. The standard InChI is InChI=1S/C20H14FN5O2/c1-28-14-5-2-12(3-6-14)20(27)26-19-18-16(23-11-24-19)8-7-15(25-18)13-4-9-17(21)22-10-13/h2-11H,1H3,(H,23,24,26,27). The van der Waals surface area contributed by atoms with E-state index in [1.165, 1.54) is 18.6 Å². The van der Waals surface area contributed by atoms with Gasteiger partial charge in [-0.3, -0.25) is 4.79 Å². The monoisotopic (exact) mass is 375 g/mol. The van der Waals surface area contributed by atoms with E-state index in [1.807, 2.05) is 0 Å². The third-order valence-corrected chi connectivity index (χ3v) is 4.09. The fourth-order valence-corrected chi connectivity index (χ4v) is 2.64. The first-order valence-corrected chi connectivity index (χ1v) is 8.33. The zero-order valence-corrected chi connectivity index (χ0v) is 14.8. The summed E-state index contributed by atoms with van der Waals surface area (Å²) in [6.45, 7) is 0. The number of hydrogen-bond donors (Lipinski definition) is 1. The smallest absolute Gasteiger partial charge is 0.256 e. The average Bonchev–Trinajstić information content (AvgIpc) is 2.74. The van der Waals surface area contributed by atoms with Gasteiger partial charge in [-0.2, -0.15) is 4.39 Å². The van der Waals surface area contributed by atoms with Gasteiger partial charge in [0.1, 0.15) is 17.6 Å². The van der Waals surface area contributed by atoms with Crippen molar-refractivity contribution in [2.45, 2.75) is 0 Å². The maximum Gasteiger partial charge on any atom is 0.256 e. The highest BCUT2D eigenvalue weighted by molar-refractivity contribution is 6.07. The second kappa shape index (κ2) is 7.36. The molecule has 7 nitrogen and oxygen atoms in total. The second-order valence-corrected chi connectivity index (χ2v) is 5.84. The van der Waals surface area contributed by atoms with Crippen molar-refractivity contribution in [2.75, 3.05) is 12.4 Å². The number of aromatic nitrogens is 4. The number of pyridine rings is 2. The van der Waals surface area contributed by atoms with Gasteiger partial charge in [-0.15, -0.1) is 0 Å². The number of anilines is 1. The molecule has 1 amide bonds. The van der Waals surface area contributed by atoms with E-state index in [0.29, 0.717) is 33.6 Å². The van der Waals surface area contributed by atoms with E-state index in [4.69, 9.17) is 4.74 Å². The molecule has 0 saturated heterocycles. The second-order valence-electron chi connectivity index (χ2n) is 5.84.